The number of anilines is 1. The average Bonchev–Trinajstić information content (AvgIpc) is 3.52. The number of ether oxygens (including phenoxy) is 2. The van der Waals surface area contributed by atoms with Crippen LogP contribution >= 0.6 is 23.2 Å². The fourth-order valence-electron chi connectivity index (χ4n) is 7.48. The summed E-state index contributed by atoms with van der Waals surface area (Å²) in [5.41, 5.74) is -1.75. The van der Waals surface area contributed by atoms with Crippen LogP contribution in [0.2, 0.25) is 10.0 Å². The molecule has 41 heavy (non-hydrogen) atoms. The Morgan fingerprint density at radius 1 is 1.02 bits per heavy atom. The van der Waals surface area contributed by atoms with Gasteiger partial charge in [0.2, 0.25) is 17.7 Å². The fraction of sp³-hybridized carbons (Fsp3) is 0.633. The molecule has 0 unspecified atom stereocenters. The van der Waals surface area contributed by atoms with Gasteiger partial charge in [0.25, 0.3) is 0 Å². The predicted molar refractivity (Wildman–Crippen MR) is 156 cm³/mol. The molecule has 1 aliphatic carbocycles. The van der Waals surface area contributed by atoms with Crippen molar-refractivity contribution in [2.75, 3.05) is 44.7 Å². The predicted octanol–water partition coefficient (Wildman–Crippen LogP) is 3.64. The highest BCUT2D eigenvalue weighted by Crippen LogP contribution is 2.59. The van der Waals surface area contributed by atoms with Gasteiger partial charge in [-0.1, -0.05) is 54.6 Å². The van der Waals surface area contributed by atoms with E-state index in [-0.39, 0.29) is 23.8 Å². The van der Waals surface area contributed by atoms with Crippen LogP contribution in [0.3, 0.4) is 0 Å². The standard InChI is InChI=1S/C30H38Cl2N4O5/c1-29-10-11-30(41-29)24(23(29)26(37)34-20-8-9-21(31)22(32)18-20)28(39)36(13-5-12-35-14-16-40-17-15-35)25(30)27(38)33-19-6-3-2-4-7-19/h8-11,18-19,23-25H,2-7,12-17H2,1H3,(H,33,38)(H,34,37)/t23-,24+,25-,29+,30+/m1/s1. The van der Waals surface area contributed by atoms with Crippen molar-refractivity contribution in [1.82, 2.24) is 15.1 Å². The summed E-state index contributed by atoms with van der Waals surface area (Å²) < 4.78 is 12.1. The molecule has 1 aromatic rings. The monoisotopic (exact) mass is 604 g/mol. The van der Waals surface area contributed by atoms with Crippen molar-refractivity contribution < 1.29 is 23.9 Å². The summed E-state index contributed by atoms with van der Waals surface area (Å²) in [5.74, 6) is -2.39. The minimum Gasteiger partial charge on any atom is -0.379 e. The summed E-state index contributed by atoms with van der Waals surface area (Å²) in [7, 11) is 0. The summed E-state index contributed by atoms with van der Waals surface area (Å²) in [5, 5.41) is 6.87. The number of nitrogens with one attached hydrogen (secondary N) is 2. The van der Waals surface area contributed by atoms with Gasteiger partial charge in [-0.15, -0.1) is 0 Å². The number of carbonyl (C=O) groups excluding carboxylic acids is 3. The van der Waals surface area contributed by atoms with Crippen LogP contribution in [0.5, 0.6) is 0 Å². The van der Waals surface area contributed by atoms with Gasteiger partial charge in [0.15, 0.2) is 0 Å². The molecule has 3 amide bonds. The van der Waals surface area contributed by atoms with E-state index in [0.717, 1.165) is 45.3 Å². The van der Waals surface area contributed by atoms with Crippen LogP contribution in [0.4, 0.5) is 5.69 Å². The highest BCUT2D eigenvalue weighted by molar-refractivity contribution is 6.42. The second-order valence-electron chi connectivity index (χ2n) is 12.1. The number of amides is 3. The topological polar surface area (TPSA) is 100 Å². The molecular weight excluding hydrogens is 567 g/mol. The van der Waals surface area contributed by atoms with Gasteiger partial charge in [-0.05, 0) is 44.4 Å². The lowest BCUT2D eigenvalue weighted by molar-refractivity contribution is -0.144. The first-order valence-electron chi connectivity index (χ1n) is 14.8. The van der Waals surface area contributed by atoms with Gasteiger partial charge in [0.1, 0.15) is 11.6 Å². The van der Waals surface area contributed by atoms with Crippen LogP contribution in [0.1, 0.15) is 45.4 Å². The van der Waals surface area contributed by atoms with Crippen molar-refractivity contribution in [1.29, 1.82) is 0 Å². The van der Waals surface area contributed by atoms with Gasteiger partial charge >= 0.3 is 0 Å². The van der Waals surface area contributed by atoms with E-state index in [4.69, 9.17) is 32.7 Å². The zero-order chi connectivity index (χ0) is 28.8. The number of hydrogen-bond donors (Lipinski definition) is 2. The smallest absolute Gasteiger partial charge is 0.246 e. The number of morpholine rings is 1. The largest absolute Gasteiger partial charge is 0.379 e. The van der Waals surface area contributed by atoms with E-state index in [9.17, 15) is 14.4 Å². The molecule has 2 N–H and O–H groups in total. The molecule has 222 valence electrons. The minimum absolute atomic E-state index is 0.0870. The Morgan fingerprint density at radius 3 is 2.51 bits per heavy atom. The van der Waals surface area contributed by atoms with Crippen LogP contribution in [-0.2, 0) is 23.9 Å². The third-order valence-electron chi connectivity index (χ3n) is 9.44. The minimum atomic E-state index is -1.21. The van der Waals surface area contributed by atoms with Crippen LogP contribution in [0.25, 0.3) is 0 Å². The van der Waals surface area contributed by atoms with Crippen LogP contribution in [0.15, 0.2) is 30.4 Å². The van der Waals surface area contributed by atoms with Gasteiger partial charge in [-0.2, -0.15) is 0 Å². The van der Waals surface area contributed by atoms with Crippen molar-refractivity contribution in [2.45, 2.75) is 68.7 Å². The lowest BCUT2D eigenvalue weighted by Crippen LogP contribution is -2.57. The summed E-state index contributed by atoms with van der Waals surface area (Å²) >= 11 is 12.2. The second kappa shape index (κ2) is 11.5. The first-order valence-corrected chi connectivity index (χ1v) is 15.5. The zero-order valence-electron chi connectivity index (χ0n) is 23.4. The summed E-state index contributed by atoms with van der Waals surface area (Å²) in [6, 6.07) is 4.11. The van der Waals surface area contributed by atoms with Gasteiger partial charge in [0.05, 0.1) is 40.7 Å². The van der Waals surface area contributed by atoms with E-state index < -0.39 is 29.1 Å². The average molecular weight is 606 g/mol. The molecule has 3 saturated heterocycles. The number of fused-ring (bicyclic) bond motifs is 1. The Kier molecular flexibility index (Phi) is 8.11. The highest BCUT2D eigenvalue weighted by atomic mass is 35.5. The lowest BCUT2D eigenvalue weighted by Gasteiger charge is -2.35. The van der Waals surface area contributed by atoms with E-state index in [0.29, 0.717) is 41.9 Å². The van der Waals surface area contributed by atoms with E-state index >= 15 is 0 Å². The molecule has 9 nitrogen and oxygen atoms in total. The molecule has 1 aromatic carbocycles. The van der Waals surface area contributed by atoms with Crippen molar-refractivity contribution in [3.8, 4) is 0 Å². The van der Waals surface area contributed by atoms with E-state index in [1.54, 1.807) is 23.1 Å². The number of likely N-dealkylation sites (tertiary alicyclic amines) is 1. The maximum Gasteiger partial charge on any atom is 0.246 e. The van der Waals surface area contributed by atoms with E-state index in [1.807, 2.05) is 19.1 Å². The van der Waals surface area contributed by atoms with Crippen LogP contribution in [-0.4, -0.2) is 90.2 Å². The fourth-order valence-corrected chi connectivity index (χ4v) is 7.78. The number of nitrogens with zero attached hydrogens (tertiary/aromatic N) is 2. The molecule has 4 aliphatic heterocycles. The van der Waals surface area contributed by atoms with Gasteiger partial charge in [0, 0.05) is 37.9 Å². The number of halogens is 2. The van der Waals surface area contributed by atoms with Crippen molar-refractivity contribution in [3.63, 3.8) is 0 Å². The molecule has 6 rings (SSSR count). The molecule has 0 aromatic heterocycles. The molecule has 5 aliphatic rings. The summed E-state index contributed by atoms with van der Waals surface area (Å²) in [4.78, 5) is 46.1. The highest BCUT2D eigenvalue weighted by Gasteiger charge is 2.76. The third kappa shape index (κ3) is 5.29. The molecular formula is C30H38Cl2N4O5. The van der Waals surface area contributed by atoms with Crippen molar-refractivity contribution in [3.05, 3.63) is 40.4 Å². The summed E-state index contributed by atoms with van der Waals surface area (Å²) in [6.45, 7) is 6.15. The van der Waals surface area contributed by atoms with Crippen molar-refractivity contribution >= 4 is 46.6 Å². The number of benzene rings is 1. The zero-order valence-corrected chi connectivity index (χ0v) is 24.9. The quantitative estimate of drug-likeness (QED) is 0.439. The normalized spacial score (nSPS) is 33.3. The van der Waals surface area contributed by atoms with E-state index in [1.165, 1.54) is 6.42 Å². The van der Waals surface area contributed by atoms with Gasteiger partial charge in [-0.25, -0.2) is 0 Å². The Hall–Kier alpha value is -2.17. The molecule has 0 radical (unpaired) electrons. The van der Waals surface area contributed by atoms with E-state index in [2.05, 4.69) is 15.5 Å². The lowest BCUT2D eigenvalue weighted by atomic mass is 9.70. The molecule has 4 fully saturated rings. The Balaban J connectivity index is 1.27. The maximum absolute atomic E-state index is 14.2. The van der Waals surface area contributed by atoms with Crippen molar-refractivity contribution in [2.24, 2.45) is 11.8 Å². The molecule has 5 atom stereocenters. The number of hydrogen-bond acceptors (Lipinski definition) is 6. The Morgan fingerprint density at radius 2 is 1.78 bits per heavy atom. The first-order chi connectivity index (χ1) is 19.7. The van der Waals surface area contributed by atoms with Crippen LogP contribution < -0.4 is 10.6 Å². The maximum atomic E-state index is 14.2. The number of rotatable bonds is 8. The second-order valence-corrected chi connectivity index (χ2v) is 12.9. The third-order valence-corrected chi connectivity index (χ3v) is 10.2. The van der Waals surface area contributed by atoms with Gasteiger partial charge < -0.3 is 25.0 Å². The molecule has 1 spiro atoms. The SMILES string of the molecule is C[C@@]12C=C[C@]3(O1)[C@H](C(=O)N(CCCN1CCOCC1)[C@@H]3C(=O)NC1CCCCC1)[C@@H]2C(=O)Nc1ccc(Cl)c(Cl)c1. The Bertz CT molecular complexity index is 1230. The molecule has 1 saturated carbocycles. The molecule has 4 heterocycles. The van der Waals surface area contributed by atoms with Crippen LogP contribution in [0, 0.1) is 11.8 Å². The Labute approximate surface area is 250 Å². The number of carbonyl (C=O) groups is 3. The summed E-state index contributed by atoms with van der Waals surface area (Å²) in [6.07, 6.45) is 9.64. The molecule has 11 heteroatoms. The molecule has 2 bridgehead atoms. The first kappa shape index (κ1) is 28.9. The van der Waals surface area contributed by atoms with Gasteiger partial charge in [-0.3, -0.25) is 19.3 Å².